The average molecular weight is 605 g/mol. The van der Waals surface area contributed by atoms with Gasteiger partial charge in [0.25, 0.3) is 0 Å². The smallest absolute Gasteiger partial charge is 0.167 e. The molecule has 0 aliphatic heterocycles. The van der Waals surface area contributed by atoms with Crippen LogP contribution in [0.4, 0.5) is 0 Å². The molecule has 0 amide bonds. The minimum absolute atomic E-state index is 0.567. The van der Waals surface area contributed by atoms with E-state index < -0.39 is 0 Å². The number of aromatic nitrogens is 6. The zero-order valence-electron chi connectivity index (χ0n) is 24.9. The van der Waals surface area contributed by atoms with Crippen LogP contribution in [-0.4, -0.2) is 30.1 Å². The van der Waals surface area contributed by atoms with Crippen LogP contribution in [-0.2, 0) is 0 Å². The van der Waals surface area contributed by atoms with Gasteiger partial charge < -0.3 is 4.42 Å². The monoisotopic (exact) mass is 604 g/mol. The molecule has 0 aliphatic carbocycles. The van der Waals surface area contributed by atoms with Crippen LogP contribution in [0, 0.1) is 0 Å². The second-order valence-corrected chi connectivity index (χ2v) is 11.2. The number of hydrogen-bond donors (Lipinski definition) is 0. The summed E-state index contributed by atoms with van der Waals surface area (Å²) in [6.07, 6.45) is 1.80. The van der Waals surface area contributed by atoms with E-state index in [0.29, 0.717) is 34.4 Å². The SMILES string of the molecule is c1ccc(-c2nc(-c3ccccc3)nc(-c3cccc(-c4nnc(-c5nccc6ccccc56)c5oc6ccccc6c45)c3)n2)cc1. The van der Waals surface area contributed by atoms with Gasteiger partial charge in [0.2, 0.25) is 0 Å². The van der Waals surface area contributed by atoms with Gasteiger partial charge in [-0.1, -0.05) is 121 Å². The first-order valence-corrected chi connectivity index (χ1v) is 15.3. The van der Waals surface area contributed by atoms with Gasteiger partial charge in [-0.15, -0.1) is 10.2 Å². The van der Waals surface area contributed by atoms with Crippen molar-refractivity contribution in [3.05, 3.63) is 146 Å². The highest BCUT2D eigenvalue weighted by Crippen LogP contribution is 2.40. The van der Waals surface area contributed by atoms with Crippen molar-refractivity contribution in [2.45, 2.75) is 0 Å². The lowest BCUT2D eigenvalue weighted by Crippen LogP contribution is -2.00. The van der Waals surface area contributed by atoms with Gasteiger partial charge in [-0.3, -0.25) is 4.98 Å². The average Bonchev–Trinajstić information content (AvgIpc) is 3.55. The Bertz CT molecular complexity index is 2520. The summed E-state index contributed by atoms with van der Waals surface area (Å²) < 4.78 is 6.52. The van der Waals surface area contributed by atoms with Gasteiger partial charge in [-0.05, 0) is 23.6 Å². The van der Waals surface area contributed by atoms with E-state index in [0.717, 1.165) is 55.1 Å². The Morgan fingerprint density at radius 1 is 0.426 bits per heavy atom. The standard InChI is InChI=1S/C40H24N6O/c1-3-13-26(14-4-1)38-42-39(27-15-5-2-6-16-27)44-40(43-38)29-18-11-17-28(24-29)34-33-31-20-9-10-21-32(31)47-37(33)36(46-45-34)35-30-19-8-7-12-25(30)22-23-41-35/h1-24H. The molecule has 0 aliphatic rings. The van der Waals surface area contributed by atoms with E-state index in [1.807, 2.05) is 121 Å². The van der Waals surface area contributed by atoms with Crippen LogP contribution in [0.5, 0.6) is 0 Å². The first kappa shape index (κ1) is 26.8. The van der Waals surface area contributed by atoms with E-state index in [1.165, 1.54) is 0 Å². The van der Waals surface area contributed by atoms with Crippen molar-refractivity contribution < 1.29 is 4.42 Å². The summed E-state index contributed by atoms with van der Waals surface area (Å²) >= 11 is 0. The lowest BCUT2D eigenvalue weighted by molar-refractivity contribution is 0.666. The predicted molar refractivity (Wildman–Crippen MR) is 185 cm³/mol. The van der Waals surface area contributed by atoms with Crippen LogP contribution >= 0.6 is 0 Å². The number of benzene rings is 5. The number of hydrogen-bond acceptors (Lipinski definition) is 7. The molecule has 0 saturated carbocycles. The first-order valence-electron chi connectivity index (χ1n) is 15.3. The molecule has 9 rings (SSSR count). The highest BCUT2D eigenvalue weighted by molar-refractivity contribution is 6.15. The number of nitrogens with zero attached hydrogens (tertiary/aromatic N) is 6. The van der Waals surface area contributed by atoms with Crippen molar-refractivity contribution in [2.24, 2.45) is 0 Å². The molecule has 7 heteroatoms. The maximum Gasteiger partial charge on any atom is 0.167 e. The number of para-hydroxylation sites is 1. The van der Waals surface area contributed by atoms with E-state index in [9.17, 15) is 0 Å². The van der Waals surface area contributed by atoms with Crippen molar-refractivity contribution in [3.63, 3.8) is 0 Å². The summed E-state index contributed by atoms with van der Waals surface area (Å²) in [5, 5.41) is 13.5. The third kappa shape index (κ3) is 4.69. The Labute approximate surface area is 269 Å². The van der Waals surface area contributed by atoms with Gasteiger partial charge in [-0.25, -0.2) is 15.0 Å². The molecular weight excluding hydrogens is 580 g/mol. The zero-order valence-corrected chi connectivity index (χ0v) is 24.9. The highest BCUT2D eigenvalue weighted by Gasteiger charge is 2.22. The summed E-state index contributed by atoms with van der Waals surface area (Å²) in [6.45, 7) is 0. The maximum absolute atomic E-state index is 6.52. The molecule has 47 heavy (non-hydrogen) atoms. The lowest BCUT2D eigenvalue weighted by Gasteiger charge is -2.10. The largest absolute Gasteiger partial charge is 0.454 e. The summed E-state index contributed by atoms with van der Waals surface area (Å²) in [6, 6.07) is 46.2. The van der Waals surface area contributed by atoms with Crippen LogP contribution < -0.4 is 0 Å². The van der Waals surface area contributed by atoms with Gasteiger partial charge in [0.1, 0.15) is 17.0 Å². The fraction of sp³-hybridized carbons (Fsp3) is 0. The topological polar surface area (TPSA) is 90.5 Å². The van der Waals surface area contributed by atoms with Crippen molar-refractivity contribution in [1.29, 1.82) is 0 Å². The Morgan fingerprint density at radius 3 is 1.74 bits per heavy atom. The van der Waals surface area contributed by atoms with Crippen molar-refractivity contribution in [3.8, 4) is 56.8 Å². The van der Waals surface area contributed by atoms with Crippen LogP contribution in [0.1, 0.15) is 0 Å². The van der Waals surface area contributed by atoms with Crippen molar-refractivity contribution in [1.82, 2.24) is 30.1 Å². The Balaban J connectivity index is 1.24. The normalized spacial score (nSPS) is 11.4. The summed E-state index contributed by atoms with van der Waals surface area (Å²) in [4.78, 5) is 19.4. The van der Waals surface area contributed by atoms with Crippen molar-refractivity contribution in [2.75, 3.05) is 0 Å². The molecule has 0 atom stereocenters. The highest BCUT2D eigenvalue weighted by atomic mass is 16.3. The fourth-order valence-corrected chi connectivity index (χ4v) is 6.05. The van der Waals surface area contributed by atoms with E-state index in [-0.39, 0.29) is 0 Å². The molecule has 4 aromatic heterocycles. The van der Waals surface area contributed by atoms with Crippen LogP contribution in [0.2, 0.25) is 0 Å². The molecule has 220 valence electrons. The third-order valence-electron chi connectivity index (χ3n) is 8.29. The molecule has 7 nitrogen and oxygen atoms in total. The number of pyridine rings is 1. The molecule has 0 N–H and O–H groups in total. The summed E-state index contributed by atoms with van der Waals surface area (Å²) in [7, 11) is 0. The second-order valence-electron chi connectivity index (χ2n) is 11.2. The van der Waals surface area contributed by atoms with Crippen LogP contribution in [0.3, 0.4) is 0 Å². The van der Waals surface area contributed by atoms with Crippen molar-refractivity contribution >= 4 is 32.7 Å². The van der Waals surface area contributed by atoms with Gasteiger partial charge in [0.05, 0.1) is 5.39 Å². The number of fused-ring (bicyclic) bond motifs is 4. The van der Waals surface area contributed by atoms with E-state index in [2.05, 4.69) is 18.2 Å². The Kier molecular flexibility index (Phi) is 6.31. The summed E-state index contributed by atoms with van der Waals surface area (Å²) in [5.41, 5.74) is 6.97. The minimum atomic E-state index is 0.567. The maximum atomic E-state index is 6.52. The van der Waals surface area contributed by atoms with E-state index in [4.69, 9.17) is 34.6 Å². The van der Waals surface area contributed by atoms with Crippen LogP contribution in [0.15, 0.2) is 150 Å². The molecule has 0 unspecified atom stereocenters. The predicted octanol–water partition coefficient (Wildman–Crippen LogP) is 9.44. The Morgan fingerprint density at radius 2 is 1.00 bits per heavy atom. The molecule has 0 radical (unpaired) electrons. The van der Waals surface area contributed by atoms with Crippen LogP contribution in [0.25, 0.3) is 89.5 Å². The molecule has 0 fully saturated rings. The Hall–Kier alpha value is -6.60. The molecule has 9 aromatic rings. The quantitative estimate of drug-likeness (QED) is 0.193. The molecular formula is C40H24N6O. The van der Waals surface area contributed by atoms with Gasteiger partial charge >= 0.3 is 0 Å². The molecule has 0 bridgehead atoms. The fourth-order valence-electron chi connectivity index (χ4n) is 6.05. The van der Waals surface area contributed by atoms with E-state index >= 15 is 0 Å². The lowest BCUT2D eigenvalue weighted by atomic mass is 10.0. The molecule has 0 saturated heterocycles. The first-order chi connectivity index (χ1) is 23.3. The third-order valence-corrected chi connectivity index (χ3v) is 8.29. The second kappa shape index (κ2) is 11.1. The summed E-state index contributed by atoms with van der Waals surface area (Å²) in [5.74, 6) is 1.78. The van der Waals surface area contributed by atoms with Gasteiger partial charge in [-0.2, -0.15) is 0 Å². The number of rotatable bonds is 5. The molecule has 0 spiro atoms. The molecule has 5 aromatic carbocycles. The minimum Gasteiger partial charge on any atom is -0.454 e. The zero-order chi connectivity index (χ0) is 31.2. The van der Waals surface area contributed by atoms with E-state index in [1.54, 1.807) is 6.20 Å². The van der Waals surface area contributed by atoms with Gasteiger partial charge in [0.15, 0.2) is 28.8 Å². The molecule has 4 heterocycles. The van der Waals surface area contributed by atoms with Gasteiger partial charge in [0, 0.05) is 39.2 Å². The number of furan rings is 1.